The van der Waals surface area contributed by atoms with Crippen molar-refractivity contribution in [2.24, 2.45) is 0 Å². The van der Waals surface area contributed by atoms with Gasteiger partial charge in [0.25, 0.3) is 0 Å². The Morgan fingerprint density at radius 2 is 1.00 bits per heavy atom. The lowest BCUT2D eigenvalue weighted by Crippen LogP contribution is -2.04. The van der Waals surface area contributed by atoms with Crippen LogP contribution < -0.4 is 0 Å². The van der Waals surface area contributed by atoms with E-state index >= 15 is 0 Å². The van der Waals surface area contributed by atoms with Crippen LogP contribution in [-0.2, 0) is 6.18 Å². The minimum Gasteiger partial charge on any atom is -0.166 e. The van der Waals surface area contributed by atoms with Crippen LogP contribution in [0.1, 0.15) is 58.2 Å². The molecule has 2 aromatic rings. The van der Waals surface area contributed by atoms with Crippen LogP contribution in [0, 0.1) is 13.8 Å². The highest BCUT2D eigenvalue weighted by atomic mass is 19.4. The molecule has 0 fully saturated rings. The van der Waals surface area contributed by atoms with Gasteiger partial charge in [0.15, 0.2) is 0 Å². The van der Waals surface area contributed by atoms with Crippen LogP contribution >= 0.6 is 0 Å². The SMILES string of the molecule is CC.CC.CC.Cc1cccc(C(F)(F)F)c1.Cc1ccccc1. The normalized spacial score (nSPS) is 8.62. The van der Waals surface area contributed by atoms with Gasteiger partial charge >= 0.3 is 6.18 Å². The van der Waals surface area contributed by atoms with Crippen LogP contribution in [0.4, 0.5) is 13.2 Å². The summed E-state index contributed by atoms with van der Waals surface area (Å²) in [6.07, 6.45) is -4.22. The second-order valence-electron chi connectivity index (χ2n) is 4.02. The second-order valence-corrected chi connectivity index (χ2v) is 4.02. The largest absolute Gasteiger partial charge is 0.416 e. The fraction of sp³-hybridized carbons (Fsp3) is 0.429. The topological polar surface area (TPSA) is 0 Å². The number of benzene rings is 2. The molecule has 0 N–H and O–H groups in total. The maximum absolute atomic E-state index is 12.0. The molecule has 0 bridgehead atoms. The van der Waals surface area contributed by atoms with E-state index in [4.69, 9.17) is 0 Å². The van der Waals surface area contributed by atoms with Crippen molar-refractivity contribution >= 4 is 0 Å². The summed E-state index contributed by atoms with van der Waals surface area (Å²) >= 11 is 0. The molecule has 138 valence electrons. The number of aryl methyl sites for hydroxylation is 2. The van der Waals surface area contributed by atoms with Gasteiger partial charge in [-0.1, -0.05) is 101 Å². The quantitative estimate of drug-likeness (QED) is 0.454. The first kappa shape index (κ1) is 27.1. The zero-order valence-electron chi connectivity index (χ0n) is 16.3. The number of rotatable bonds is 0. The Kier molecular flexibility index (Phi) is 19.8. The molecular weight excluding hydrogens is 309 g/mol. The van der Waals surface area contributed by atoms with Crippen LogP contribution in [0.2, 0.25) is 0 Å². The van der Waals surface area contributed by atoms with Crippen molar-refractivity contribution in [2.45, 2.75) is 61.6 Å². The Morgan fingerprint density at radius 1 is 0.583 bits per heavy atom. The third kappa shape index (κ3) is 15.1. The first-order chi connectivity index (χ1) is 11.4. The third-order valence-corrected chi connectivity index (χ3v) is 2.29. The molecule has 2 rings (SSSR count). The van der Waals surface area contributed by atoms with Gasteiger partial charge in [-0.25, -0.2) is 0 Å². The van der Waals surface area contributed by atoms with E-state index < -0.39 is 11.7 Å². The zero-order valence-corrected chi connectivity index (χ0v) is 16.3. The summed E-state index contributed by atoms with van der Waals surface area (Å²) in [6.45, 7) is 15.7. The van der Waals surface area contributed by atoms with E-state index in [2.05, 4.69) is 19.1 Å². The summed E-state index contributed by atoms with van der Waals surface area (Å²) in [6, 6.07) is 15.5. The van der Waals surface area contributed by atoms with Crippen molar-refractivity contribution in [2.75, 3.05) is 0 Å². The summed E-state index contributed by atoms with van der Waals surface area (Å²) in [5.74, 6) is 0. The number of hydrogen-bond acceptors (Lipinski definition) is 0. The van der Waals surface area contributed by atoms with Crippen LogP contribution in [0.5, 0.6) is 0 Å². The molecule has 0 atom stereocenters. The fourth-order valence-electron chi connectivity index (χ4n) is 1.36. The Balaban J connectivity index is -0.000000293. The van der Waals surface area contributed by atoms with E-state index in [1.54, 1.807) is 13.0 Å². The van der Waals surface area contributed by atoms with E-state index in [0.717, 1.165) is 12.1 Å². The van der Waals surface area contributed by atoms with Crippen LogP contribution in [0.25, 0.3) is 0 Å². The average Bonchev–Trinajstić information content (AvgIpc) is 2.61. The van der Waals surface area contributed by atoms with Gasteiger partial charge in [-0.05, 0) is 19.9 Å². The first-order valence-electron chi connectivity index (χ1n) is 8.55. The highest BCUT2D eigenvalue weighted by Crippen LogP contribution is 2.29. The van der Waals surface area contributed by atoms with Crippen LogP contribution in [0.15, 0.2) is 54.6 Å². The van der Waals surface area contributed by atoms with Crippen LogP contribution in [0.3, 0.4) is 0 Å². The summed E-state index contributed by atoms with van der Waals surface area (Å²) < 4.78 is 35.9. The maximum Gasteiger partial charge on any atom is 0.416 e. The predicted molar refractivity (Wildman–Crippen MR) is 101 cm³/mol. The Bertz CT molecular complexity index is 474. The van der Waals surface area contributed by atoms with Gasteiger partial charge in [0.05, 0.1) is 5.56 Å². The molecule has 0 amide bonds. The summed E-state index contributed by atoms with van der Waals surface area (Å²) in [7, 11) is 0. The van der Waals surface area contributed by atoms with Gasteiger partial charge in [-0.15, -0.1) is 0 Å². The average molecular weight is 342 g/mol. The molecule has 2 aromatic carbocycles. The molecule has 3 heteroatoms. The molecule has 0 saturated heterocycles. The monoisotopic (exact) mass is 342 g/mol. The standard InChI is InChI=1S/C8H7F3.C7H8.3C2H6/c1-6-3-2-4-7(5-6)8(9,10)11;1-7-5-3-2-4-6-7;3*1-2/h2-5H,1H3;2-6H,1H3;3*1-2H3. The molecule has 0 radical (unpaired) electrons. The molecule has 0 heterocycles. The molecule has 0 saturated carbocycles. The molecule has 24 heavy (non-hydrogen) atoms. The van der Waals surface area contributed by atoms with Gasteiger partial charge in [0, 0.05) is 0 Å². The highest BCUT2D eigenvalue weighted by Gasteiger charge is 2.29. The second kappa shape index (κ2) is 17.6. The van der Waals surface area contributed by atoms with E-state index in [1.165, 1.54) is 11.6 Å². The molecule has 0 aliphatic rings. The number of halogens is 3. The number of alkyl halides is 3. The van der Waals surface area contributed by atoms with Crippen molar-refractivity contribution in [3.8, 4) is 0 Å². The maximum atomic E-state index is 12.0. The molecule has 0 spiro atoms. The summed E-state index contributed by atoms with van der Waals surface area (Å²) in [4.78, 5) is 0. The molecule has 0 aliphatic heterocycles. The Hall–Kier alpha value is -1.77. The van der Waals surface area contributed by atoms with E-state index in [9.17, 15) is 13.2 Å². The summed E-state index contributed by atoms with van der Waals surface area (Å²) in [5, 5.41) is 0. The lowest BCUT2D eigenvalue weighted by molar-refractivity contribution is -0.137. The lowest BCUT2D eigenvalue weighted by Gasteiger charge is -2.05. The fourth-order valence-corrected chi connectivity index (χ4v) is 1.36. The van der Waals surface area contributed by atoms with E-state index in [-0.39, 0.29) is 0 Å². The van der Waals surface area contributed by atoms with Gasteiger partial charge in [-0.2, -0.15) is 13.2 Å². The van der Waals surface area contributed by atoms with Crippen molar-refractivity contribution in [1.82, 2.24) is 0 Å². The Labute approximate surface area is 146 Å². The molecule has 0 aliphatic carbocycles. The van der Waals surface area contributed by atoms with Crippen molar-refractivity contribution < 1.29 is 13.2 Å². The minimum absolute atomic E-state index is 0.586. The van der Waals surface area contributed by atoms with Gasteiger partial charge in [0.2, 0.25) is 0 Å². The zero-order chi connectivity index (χ0) is 19.6. The predicted octanol–water partition coefficient (Wildman–Crippen LogP) is 8.09. The molecular formula is C21H33F3. The van der Waals surface area contributed by atoms with E-state index in [1.807, 2.05) is 59.7 Å². The third-order valence-electron chi connectivity index (χ3n) is 2.29. The van der Waals surface area contributed by atoms with Crippen LogP contribution in [-0.4, -0.2) is 0 Å². The van der Waals surface area contributed by atoms with E-state index in [0.29, 0.717) is 5.56 Å². The van der Waals surface area contributed by atoms with Gasteiger partial charge < -0.3 is 0 Å². The first-order valence-corrected chi connectivity index (χ1v) is 8.55. The van der Waals surface area contributed by atoms with Gasteiger partial charge in [-0.3, -0.25) is 0 Å². The smallest absolute Gasteiger partial charge is 0.166 e. The van der Waals surface area contributed by atoms with Crippen molar-refractivity contribution in [1.29, 1.82) is 0 Å². The minimum atomic E-state index is -4.22. The van der Waals surface area contributed by atoms with Crippen molar-refractivity contribution in [3.63, 3.8) is 0 Å². The molecule has 0 aromatic heterocycles. The Morgan fingerprint density at radius 3 is 1.25 bits per heavy atom. The summed E-state index contributed by atoms with van der Waals surface area (Å²) in [5.41, 5.74) is 1.36. The highest BCUT2D eigenvalue weighted by molar-refractivity contribution is 5.24. The van der Waals surface area contributed by atoms with Crippen molar-refractivity contribution in [3.05, 3.63) is 71.3 Å². The number of hydrogen-bond donors (Lipinski definition) is 0. The van der Waals surface area contributed by atoms with Gasteiger partial charge in [0.1, 0.15) is 0 Å². The molecule has 0 nitrogen and oxygen atoms in total. The molecule has 0 unspecified atom stereocenters. The lowest BCUT2D eigenvalue weighted by atomic mass is 10.1.